The number of fused-ring (bicyclic) bond motifs is 1. The maximum Gasteiger partial charge on any atom is 0.495 e. The number of aromatic nitrogens is 2. The van der Waals surface area contributed by atoms with Crippen molar-refractivity contribution in [1.29, 1.82) is 0 Å². The molecule has 0 N–H and O–H groups in total. The zero-order chi connectivity index (χ0) is 34.2. The molecule has 0 aliphatic carbocycles. The van der Waals surface area contributed by atoms with Crippen molar-refractivity contribution in [3.8, 4) is 11.1 Å². The maximum absolute atomic E-state index is 17.1. The Labute approximate surface area is 280 Å². The summed E-state index contributed by atoms with van der Waals surface area (Å²) in [6, 6.07) is 6.10. The maximum atomic E-state index is 17.1. The lowest BCUT2D eigenvalue weighted by Gasteiger charge is -2.45. The van der Waals surface area contributed by atoms with Crippen LogP contribution in [0.1, 0.15) is 41.5 Å². The number of piperazine rings is 1. The SMILES string of the molecule is C=CC(=O)N1C[C@H](C)N(c2nc(N3CC(N(C)C)C3)nc3c(F)c(-c4c(F)cccc4B4OC(C)(C)C(C)(C)O4)c(Cl)cc23)C[C@H]1C. The van der Waals surface area contributed by atoms with E-state index < -0.39 is 30.0 Å². The van der Waals surface area contributed by atoms with Crippen LogP contribution in [0.3, 0.4) is 0 Å². The van der Waals surface area contributed by atoms with Crippen molar-refractivity contribution in [2.45, 2.75) is 70.9 Å². The predicted molar refractivity (Wildman–Crippen MR) is 183 cm³/mol. The largest absolute Gasteiger partial charge is 0.495 e. The average molecular weight is 667 g/mol. The van der Waals surface area contributed by atoms with Gasteiger partial charge < -0.3 is 28.9 Å². The molecule has 0 saturated carbocycles. The molecule has 3 saturated heterocycles. The van der Waals surface area contributed by atoms with Crippen LogP contribution in [0.15, 0.2) is 36.9 Å². The zero-order valence-corrected chi connectivity index (χ0v) is 29.0. The second kappa shape index (κ2) is 12.0. The predicted octanol–water partition coefficient (Wildman–Crippen LogP) is 4.89. The summed E-state index contributed by atoms with van der Waals surface area (Å²) in [5, 5.41) is 0.411. The van der Waals surface area contributed by atoms with Gasteiger partial charge in [0.15, 0.2) is 5.82 Å². The highest BCUT2D eigenvalue weighted by atomic mass is 35.5. The molecule has 0 bridgehead atoms. The van der Waals surface area contributed by atoms with Gasteiger partial charge in [0.2, 0.25) is 11.9 Å². The molecule has 3 aliphatic heterocycles. The summed E-state index contributed by atoms with van der Waals surface area (Å²) in [5.41, 5.74) is -1.17. The van der Waals surface area contributed by atoms with Gasteiger partial charge in [-0.15, -0.1) is 0 Å². The fourth-order valence-corrected chi connectivity index (χ4v) is 6.81. The Hall–Kier alpha value is -3.32. The van der Waals surface area contributed by atoms with Gasteiger partial charge in [-0.3, -0.25) is 4.79 Å². The third kappa shape index (κ3) is 5.66. The third-order valence-corrected chi connectivity index (χ3v) is 10.5. The summed E-state index contributed by atoms with van der Waals surface area (Å²) in [7, 11) is 3.08. The van der Waals surface area contributed by atoms with E-state index >= 15 is 8.78 Å². The van der Waals surface area contributed by atoms with Crippen molar-refractivity contribution in [3.63, 3.8) is 0 Å². The first kappa shape index (κ1) is 33.6. The van der Waals surface area contributed by atoms with Crippen LogP contribution in [0.4, 0.5) is 20.5 Å². The van der Waals surface area contributed by atoms with Crippen LogP contribution in [0, 0.1) is 11.6 Å². The molecular formula is C34H42BClF2N6O3. The van der Waals surface area contributed by atoms with E-state index in [4.69, 9.17) is 30.9 Å². The van der Waals surface area contributed by atoms with Gasteiger partial charge in [0.1, 0.15) is 17.2 Å². The molecule has 9 nitrogen and oxygen atoms in total. The third-order valence-electron chi connectivity index (χ3n) is 10.2. The summed E-state index contributed by atoms with van der Waals surface area (Å²) in [6.45, 7) is 17.5. The van der Waals surface area contributed by atoms with E-state index in [1.165, 1.54) is 12.1 Å². The Bertz CT molecular complexity index is 1730. The Morgan fingerprint density at radius 3 is 2.32 bits per heavy atom. The smallest absolute Gasteiger partial charge is 0.399 e. The van der Waals surface area contributed by atoms with E-state index in [1.54, 1.807) is 23.1 Å². The molecule has 2 aromatic carbocycles. The molecule has 0 spiro atoms. The van der Waals surface area contributed by atoms with E-state index in [0.717, 1.165) is 0 Å². The molecule has 4 heterocycles. The van der Waals surface area contributed by atoms with Gasteiger partial charge in [0.05, 0.1) is 16.2 Å². The van der Waals surface area contributed by atoms with Crippen LogP contribution < -0.4 is 15.3 Å². The average Bonchev–Trinajstić information content (AvgIpc) is 3.19. The van der Waals surface area contributed by atoms with Gasteiger partial charge in [-0.2, -0.15) is 4.98 Å². The number of anilines is 2. The minimum absolute atomic E-state index is 0.00765. The zero-order valence-electron chi connectivity index (χ0n) is 28.3. The quantitative estimate of drug-likeness (QED) is 0.272. The van der Waals surface area contributed by atoms with E-state index in [0.29, 0.717) is 54.8 Å². The normalized spacial score (nSPS) is 22.7. The number of carbonyl (C=O) groups excluding carboxylic acids is 1. The minimum atomic E-state index is -0.950. The lowest BCUT2D eigenvalue weighted by molar-refractivity contribution is -0.128. The van der Waals surface area contributed by atoms with Gasteiger partial charge in [-0.25, -0.2) is 13.8 Å². The van der Waals surface area contributed by atoms with Crippen molar-refractivity contribution < 1.29 is 22.9 Å². The molecule has 13 heteroatoms. The first-order chi connectivity index (χ1) is 22.0. The Morgan fingerprint density at radius 1 is 1.04 bits per heavy atom. The molecular weight excluding hydrogens is 625 g/mol. The van der Waals surface area contributed by atoms with Gasteiger partial charge in [0.25, 0.3) is 0 Å². The number of amides is 1. The fraction of sp³-hybridized carbons (Fsp3) is 0.500. The molecule has 3 aliphatic rings. The van der Waals surface area contributed by atoms with Crippen molar-refractivity contribution in [3.05, 3.63) is 53.6 Å². The molecule has 1 amide bonds. The Morgan fingerprint density at radius 2 is 1.70 bits per heavy atom. The molecule has 6 rings (SSSR count). The van der Waals surface area contributed by atoms with E-state index in [2.05, 4.69) is 16.4 Å². The number of carbonyl (C=O) groups is 1. The van der Waals surface area contributed by atoms with Gasteiger partial charge >= 0.3 is 7.12 Å². The van der Waals surface area contributed by atoms with Crippen molar-refractivity contribution >= 4 is 52.8 Å². The van der Waals surface area contributed by atoms with Gasteiger partial charge in [0, 0.05) is 60.8 Å². The highest BCUT2D eigenvalue weighted by Gasteiger charge is 2.52. The molecule has 250 valence electrons. The molecule has 0 radical (unpaired) electrons. The molecule has 1 aromatic heterocycles. The number of benzene rings is 2. The van der Waals surface area contributed by atoms with Crippen LogP contribution in [0.25, 0.3) is 22.0 Å². The van der Waals surface area contributed by atoms with Crippen LogP contribution in [-0.2, 0) is 14.1 Å². The lowest BCUT2D eigenvalue weighted by Crippen LogP contribution is -2.59. The Balaban J connectivity index is 1.52. The van der Waals surface area contributed by atoms with Crippen molar-refractivity contribution in [1.82, 2.24) is 19.8 Å². The number of halogens is 3. The van der Waals surface area contributed by atoms with E-state index in [-0.39, 0.29) is 39.7 Å². The first-order valence-electron chi connectivity index (χ1n) is 16.0. The van der Waals surface area contributed by atoms with Crippen LogP contribution >= 0.6 is 11.6 Å². The molecule has 0 unspecified atom stereocenters. The van der Waals surface area contributed by atoms with Crippen LogP contribution in [0.2, 0.25) is 5.02 Å². The summed E-state index contributed by atoms with van der Waals surface area (Å²) < 4.78 is 45.5. The van der Waals surface area contributed by atoms with E-state index in [1.807, 2.05) is 60.5 Å². The second-order valence-corrected chi connectivity index (χ2v) is 14.6. The second-order valence-electron chi connectivity index (χ2n) is 14.2. The van der Waals surface area contributed by atoms with Crippen LogP contribution in [-0.4, -0.2) is 102 Å². The standard InChI is InChI=1S/C34H42BClF2N6O3/c1-10-26(45)43-15-20(3)44(16-19(43)2)31-22-14-24(36)28(29(38)30(22)39-32(40-31)42-17-21(18-42)41(8)9)27-23(12-11-13-25(27)37)35-46-33(4,5)34(6,7)47-35/h10-14,19-21H,1,15-18H2,2-9H3/t19-,20+/m1/s1. The lowest BCUT2D eigenvalue weighted by atomic mass is 9.74. The van der Waals surface area contributed by atoms with Gasteiger partial charge in [-0.05, 0) is 79.3 Å². The molecule has 47 heavy (non-hydrogen) atoms. The summed E-state index contributed by atoms with van der Waals surface area (Å²) in [5.74, 6) is -0.675. The first-order valence-corrected chi connectivity index (χ1v) is 16.4. The molecule has 3 fully saturated rings. The topological polar surface area (TPSA) is 74.3 Å². The minimum Gasteiger partial charge on any atom is -0.399 e. The van der Waals surface area contributed by atoms with Gasteiger partial charge in [-0.1, -0.05) is 30.3 Å². The number of nitrogens with zero attached hydrogens (tertiary/aromatic N) is 6. The summed E-state index contributed by atoms with van der Waals surface area (Å²) >= 11 is 6.92. The number of rotatable bonds is 6. The highest BCUT2D eigenvalue weighted by Crippen LogP contribution is 2.42. The van der Waals surface area contributed by atoms with Crippen molar-refractivity contribution in [2.24, 2.45) is 0 Å². The highest BCUT2D eigenvalue weighted by molar-refractivity contribution is 6.64. The number of hydrogen-bond donors (Lipinski definition) is 0. The van der Waals surface area contributed by atoms with Crippen LogP contribution in [0.5, 0.6) is 0 Å². The fourth-order valence-electron chi connectivity index (χ4n) is 6.52. The molecule has 3 aromatic rings. The monoisotopic (exact) mass is 666 g/mol. The number of hydrogen-bond acceptors (Lipinski definition) is 8. The Kier molecular flexibility index (Phi) is 8.56. The van der Waals surface area contributed by atoms with E-state index in [9.17, 15) is 4.79 Å². The number of likely N-dealkylation sites (N-methyl/N-ethyl adjacent to an activating group) is 1. The molecule has 2 atom stereocenters. The van der Waals surface area contributed by atoms with Crippen molar-refractivity contribution in [2.75, 3.05) is 50.1 Å². The summed E-state index contributed by atoms with van der Waals surface area (Å²) in [4.78, 5) is 30.3. The summed E-state index contributed by atoms with van der Waals surface area (Å²) in [6.07, 6.45) is 1.32.